The second-order valence-corrected chi connectivity index (χ2v) is 1.67. The standard InChI is InChI=1S/C6H6O.C2H2F2/c7-6-4-2-1-3-5-6;1-2(3)4/h1-5,7H;1H2. The third kappa shape index (κ3) is 8.62. The molecule has 0 aromatic heterocycles. The molecule has 60 valence electrons. The van der Waals surface area contributed by atoms with E-state index in [1.807, 2.05) is 6.07 Å². The quantitative estimate of drug-likeness (QED) is 0.615. The number of para-hydroxylation sites is 1. The summed E-state index contributed by atoms with van der Waals surface area (Å²) in [5, 5.41) is 8.63. The molecule has 1 rings (SSSR count). The summed E-state index contributed by atoms with van der Waals surface area (Å²) in [7, 11) is 0. The van der Waals surface area contributed by atoms with Gasteiger partial charge in [0, 0.05) is 0 Å². The highest BCUT2D eigenvalue weighted by atomic mass is 19.3. The molecule has 1 N–H and O–H groups in total. The van der Waals surface area contributed by atoms with Crippen LogP contribution in [0.15, 0.2) is 43.0 Å². The summed E-state index contributed by atoms with van der Waals surface area (Å²) >= 11 is 0. The number of hydrogen-bond acceptors (Lipinski definition) is 1. The van der Waals surface area contributed by atoms with Gasteiger partial charge in [-0.1, -0.05) is 18.2 Å². The SMILES string of the molecule is C=C(F)F.Oc1ccccc1. The summed E-state index contributed by atoms with van der Waals surface area (Å²) in [6.45, 7) is 2.22. The van der Waals surface area contributed by atoms with Crippen LogP contribution in [-0.4, -0.2) is 5.11 Å². The maximum atomic E-state index is 10.1. The molecule has 3 heteroatoms. The first-order valence-corrected chi connectivity index (χ1v) is 2.87. The molecule has 11 heavy (non-hydrogen) atoms. The van der Waals surface area contributed by atoms with Gasteiger partial charge in [-0.05, 0) is 18.7 Å². The van der Waals surface area contributed by atoms with Crippen molar-refractivity contribution < 1.29 is 13.9 Å². The fourth-order valence-electron chi connectivity index (χ4n) is 0.428. The first kappa shape index (κ1) is 9.62. The largest absolute Gasteiger partial charge is 0.508 e. The van der Waals surface area contributed by atoms with E-state index in [1.54, 1.807) is 24.3 Å². The van der Waals surface area contributed by atoms with E-state index in [0.717, 1.165) is 0 Å². The van der Waals surface area contributed by atoms with Crippen LogP contribution in [0.1, 0.15) is 0 Å². The lowest BCUT2D eigenvalue weighted by atomic mass is 10.3. The van der Waals surface area contributed by atoms with Crippen LogP contribution in [0.25, 0.3) is 0 Å². The molecule has 0 spiro atoms. The number of phenolic OH excluding ortho intramolecular Hbond substituents is 1. The summed E-state index contributed by atoms with van der Waals surface area (Å²) in [5.74, 6) is 0.322. The van der Waals surface area contributed by atoms with E-state index in [1.165, 1.54) is 0 Å². The van der Waals surface area contributed by atoms with Crippen molar-refractivity contribution in [1.82, 2.24) is 0 Å². The molecule has 0 saturated carbocycles. The van der Waals surface area contributed by atoms with Gasteiger partial charge in [0.15, 0.2) is 0 Å². The molecule has 1 aromatic rings. The van der Waals surface area contributed by atoms with Crippen LogP contribution in [-0.2, 0) is 0 Å². The predicted molar refractivity (Wildman–Crippen MR) is 39.5 cm³/mol. The molecular formula is C8H8F2O. The lowest BCUT2D eigenvalue weighted by molar-refractivity contribution is 0.426. The monoisotopic (exact) mass is 158 g/mol. The van der Waals surface area contributed by atoms with E-state index < -0.39 is 6.08 Å². The molecule has 0 aliphatic rings. The van der Waals surface area contributed by atoms with Gasteiger partial charge in [0.05, 0.1) is 0 Å². The van der Waals surface area contributed by atoms with Crippen molar-refractivity contribution in [3.8, 4) is 5.75 Å². The van der Waals surface area contributed by atoms with Crippen molar-refractivity contribution >= 4 is 0 Å². The van der Waals surface area contributed by atoms with E-state index in [9.17, 15) is 8.78 Å². The van der Waals surface area contributed by atoms with Gasteiger partial charge in [0.25, 0.3) is 6.08 Å². The minimum Gasteiger partial charge on any atom is -0.508 e. The average molecular weight is 158 g/mol. The number of hydrogen-bond donors (Lipinski definition) is 1. The summed E-state index contributed by atoms with van der Waals surface area (Å²) < 4.78 is 20.3. The van der Waals surface area contributed by atoms with Crippen molar-refractivity contribution in [3.63, 3.8) is 0 Å². The topological polar surface area (TPSA) is 20.2 Å². The van der Waals surface area contributed by atoms with Crippen LogP contribution in [0, 0.1) is 0 Å². The van der Waals surface area contributed by atoms with Gasteiger partial charge in [0.1, 0.15) is 5.75 Å². The zero-order chi connectivity index (χ0) is 8.69. The average Bonchev–Trinajstić information content (AvgIpc) is 1.87. The maximum Gasteiger partial charge on any atom is 0.263 e. The smallest absolute Gasteiger partial charge is 0.263 e. The molecule has 0 unspecified atom stereocenters. The Bertz CT molecular complexity index is 205. The third-order valence-corrected chi connectivity index (χ3v) is 0.756. The molecule has 1 nitrogen and oxygen atoms in total. The van der Waals surface area contributed by atoms with Crippen LogP contribution in [0.4, 0.5) is 8.78 Å². The molecule has 0 saturated heterocycles. The summed E-state index contributed by atoms with van der Waals surface area (Å²) in [4.78, 5) is 0. The molecule has 0 radical (unpaired) electrons. The zero-order valence-corrected chi connectivity index (χ0v) is 5.80. The minimum absolute atomic E-state index is 0.322. The van der Waals surface area contributed by atoms with Crippen molar-refractivity contribution in [3.05, 3.63) is 43.0 Å². The normalized spacial score (nSPS) is 7.82. The minimum atomic E-state index is -1.83. The van der Waals surface area contributed by atoms with Gasteiger partial charge >= 0.3 is 0 Å². The Kier molecular flexibility index (Phi) is 4.73. The predicted octanol–water partition coefficient (Wildman–Crippen LogP) is 2.79. The third-order valence-electron chi connectivity index (χ3n) is 0.756. The molecule has 0 amide bonds. The van der Waals surface area contributed by atoms with Crippen LogP contribution >= 0.6 is 0 Å². The first-order chi connectivity index (χ1) is 5.13. The molecule has 0 aliphatic carbocycles. The highest BCUT2D eigenvalue weighted by Crippen LogP contribution is 2.02. The highest BCUT2D eigenvalue weighted by molar-refractivity contribution is 5.18. The summed E-state index contributed by atoms with van der Waals surface area (Å²) in [5.41, 5.74) is 0. The van der Waals surface area contributed by atoms with Crippen molar-refractivity contribution in [1.29, 1.82) is 0 Å². The lowest BCUT2D eigenvalue weighted by Gasteiger charge is -1.82. The van der Waals surface area contributed by atoms with Gasteiger partial charge in [0.2, 0.25) is 0 Å². The Hall–Kier alpha value is -1.38. The number of benzene rings is 1. The summed E-state index contributed by atoms with van der Waals surface area (Å²) in [6.07, 6.45) is -1.83. The number of phenols is 1. The van der Waals surface area contributed by atoms with Gasteiger partial charge in [-0.15, -0.1) is 0 Å². The van der Waals surface area contributed by atoms with Crippen molar-refractivity contribution in [2.24, 2.45) is 0 Å². The Labute approximate surface area is 63.6 Å². The molecular weight excluding hydrogens is 150 g/mol. The van der Waals surface area contributed by atoms with Gasteiger partial charge in [-0.2, -0.15) is 8.78 Å². The molecule has 0 bridgehead atoms. The van der Waals surface area contributed by atoms with Crippen LogP contribution in [0.2, 0.25) is 0 Å². The van der Waals surface area contributed by atoms with Gasteiger partial charge < -0.3 is 5.11 Å². The molecule has 0 aliphatic heterocycles. The number of halogens is 2. The molecule has 1 aromatic carbocycles. The van der Waals surface area contributed by atoms with Crippen LogP contribution in [0.5, 0.6) is 5.75 Å². The molecule has 0 atom stereocenters. The Morgan fingerprint density at radius 2 is 1.55 bits per heavy atom. The van der Waals surface area contributed by atoms with Gasteiger partial charge in [-0.3, -0.25) is 0 Å². The van der Waals surface area contributed by atoms with E-state index in [-0.39, 0.29) is 0 Å². The van der Waals surface area contributed by atoms with Gasteiger partial charge in [-0.25, -0.2) is 0 Å². The van der Waals surface area contributed by atoms with Crippen molar-refractivity contribution in [2.45, 2.75) is 0 Å². The van der Waals surface area contributed by atoms with Crippen LogP contribution < -0.4 is 0 Å². The second-order valence-electron chi connectivity index (χ2n) is 1.67. The first-order valence-electron chi connectivity index (χ1n) is 2.87. The molecule has 0 heterocycles. The second kappa shape index (κ2) is 5.41. The van der Waals surface area contributed by atoms with E-state index in [4.69, 9.17) is 5.11 Å². The molecule has 0 fully saturated rings. The Morgan fingerprint density at radius 3 is 1.73 bits per heavy atom. The lowest BCUT2D eigenvalue weighted by Crippen LogP contribution is -1.56. The fraction of sp³-hybridized carbons (Fsp3) is 0. The van der Waals surface area contributed by atoms with Crippen molar-refractivity contribution in [2.75, 3.05) is 0 Å². The van der Waals surface area contributed by atoms with Crippen LogP contribution in [0.3, 0.4) is 0 Å². The zero-order valence-electron chi connectivity index (χ0n) is 5.80. The Balaban J connectivity index is 0.000000218. The fourth-order valence-corrected chi connectivity index (χ4v) is 0.428. The number of aromatic hydroxyl groups is 1. The van der Waals surface area contributed by atoms with E-state index in [0.29, 0.717) is 5.75 Å². The van der Waals surface area contributed by atoms with E-state index >= 15 is 0 Å². The summed E-state index contributed by atoms with van der Waals surface area (Å²) in [6, 6.07) is 8.71. The highest BCUT2D eigenvalue weighted by Gasteiger charge is 1.74. The Morgan fingerprint density at radius 1 is 1.18 bits per heavy atom. The maximum absolute atomic E-state index is 10.1. The number of rotatable bonds is 0. The van der Waals surface area contributed by atoms with E-state index in [2.05, 4.69) is 6.58 Å².